The summed E-state index contributed by atoms with van der Waals surface area (Å²) in [5.41, 5.74) is -4.18. The Hall–Kier alpha value is -1.79. The summed E-state index contributed by atoms with van der Waals surface area (Å²) in [6.07, 6.45) is -10.2. The van der Waals surface area contributed by atoms with Crippen LogP contribution in [-0.2, 0) is 29.0 Å². The van der Waals surface area contributed by atoms with E-state index in [0.29, 0.717) is 0 Å². The smallest absolute Gasteiger partial charge is 0.391 e. The maximum atomic E-state index is 12.8. The van der Waals surface area contributed by atoms with E-state index < -0.39 is 50.7 Å². The van der Waals surface area contributed by atoms with E-state index in [4.69, 9.17) is 5.11 Å². The average molecular weight is 405 g/mol. The van der Waals surface area contributed by atoms with Gasteiger partial charge in [-0.2, -0.15) is 26.3 Å². The zero-order valence-corrected chi connectivity index (χ0v) is 13.6. The number of rotatable bonds is 4. The first-order valence-electron chi connectivity index (χ1n) is 6.34. The molecule has 1 heterocycles. The molecule has 0 saturated carbocycles. The van der Waals surface area contributed by atoms with Crippen molar-refractivity contribution in [3.63, 3.8) is 0 Å². The Kier molecular flexibility index (Phi) is 5.08. The predicted molar refractivity (Wildman–Crippen MR) is 77.5 cm³/mol. The summed E-state index contributed by atoms with van der Waals surface area (Å²) in [6.45, 7) is -0.649. The molecule has 0 atom stereocenters. The molecule has 0 amide bonds. The zero-order chi connectivity index (χ0) is 19.0. The Morgan fingerprint density at radius 2 is 1.52 bits per heavy atom. The zero-order valence-electron chi connectivity index (χ0n) is 11.9. The fourth-order valence-corrected chi connectivity index (χ4v) is 4.24. The molecule has 0 radical (unpaired) electrons. The Morgan fingerprint density at radius 3 is 1.96 bits per heavy atom. The van der Waals surface area contributed by atoms with Gasteiger partial charge in [0.15, 0.2) is 0 Å². The van der Waals surface area contributed by atoms with Crippen molar-refractivity contribution in [3.05, 3.63) is 45.6 Å². The molecule has 1 aromatic carbocycles. The van der Waals surface area contributed by atoms with Crippen molar-refractivity contribution in [1.82, 2.24) is 0 Å². The van der Waals surface area contributed by atoms with Crippen LogP contribution in [0.1, 0.15) is 16.0 Å². The van der Waals surface area contributed by atoms with Crippen LogP contribution in [0.3, 0.4) is 0 Å². The second kappa shape index (κ2) is 6.50. The lowest BCUT2D eigenvalue weighted by Gasteiger charge is -2.15. The molecule has 1 aromatic heterocycles. The first-order valence-corrected chi connectivity index (χ1v) is 8.70. The van der Waals surface area contributed by atoms with Crippen molar-refractivity contribution >= 4 is 27.0 Å². The van der Waals surface area contributed by atoms with Gasteiger partial charge in [-0.05, 0) is 29.6 Å². The van der Waals surface area contributed by atoms with Gasteiger partial charge in [-0.15, -0.1) is 11.3 Å². The van der Waals surface area contributed by atoms with E-state index in [-0.39, 0.29) is 23.1 Å². The number of aliphatic hydroxyl groups excluding tert-OH is 1. The number of thiophene rings is 1. The third-order valence-corrected chi connectivity index (χ3v) is 5.48. The molecule has 4 nitrogen and oxygen atoms in total. The number of sulfonamides is 1. The molecule has 0 fully saturated rings. The average Bonchev–Trinajstić information content (AvgIpc) is 2.94. The highest BCUT2D eigenvalue weighted by Crippen LogP contribution is 2.38. The van der Waals surface area contributed by atoms with Crippen LogP contribution in [0, 0.1) is 0 Å². The first kappa shape index (κ1) is 19.5. The number of aliphatic hydroxyl groups is 1. The van der Waals surface area contributed by atoms with E-state index in [9.17, 15) is 34.8 Å². The van der Waals surface area contributed by atoms with Gasteiger partial charge in [0.1, 0.15) is 4.90 Å². The van der Waals surface area contributed by atoms with Crippen molar-refractivity contribution in [2.24, 2.45) is 0 Å². The van der Waals surface area contributed by atoms with Gasteiger partial charge in [0.2, 0.25) is 0 Å². The number of hydrogen-bond acceptors (Lipinski definition) is 4. The highest BCUT2D eigenvalue weighted by atomic mass is 32.2. The normalized spacial score (nSPS) is 13.1. The van der Waals surface area contributed by atoms with Crippen LogP contribution in [0.4, 0.5) is 32.0 Å². The lowest BCUT2D eigenvalue weighted by Crippen LogP contribution is -2.16. The van der Waals surface area contributed by atoms with Crippen LogP contribution in [0.2, 0.25) is 0 Å². The quantitative estimate of drug-likeness (QED) is 0.754. The van der Waals surface area contributed by atoms with Crippen LogP contribution in [0.15, 0.2) is 34.5 Å². The molecule has 2 rings (SSSR count). The van der Waals surface area contributed by atoms with E-state index in [1.54, 1.807) is 4.72 Å². The van der Waals surface area contributed by atoms with Gasteiger partial charge in [0, 0.05) is 0 Å². The van der Waals surface area contributed by atoms with E-state index >= 15 is 0 Å². The van der Waals surface area contributed by atoms with E-state index in [1.807, 2.05) is 0 Å². The van der Waals surface area contributed by atoms with Crippen LogP contribution in [0.5, 0.6) is 0 Å². The van der Waals surface area contributed by atoms with Gasteiger partial charge >= 0.3 is 12.4 Å². The highest BCUT2D eigenvalue weighted by Gasteiger charge is 2.37. The Morgan fingerprint density at radius 1 is 1.00 bits per heavy atom. The first-order chi connectivity index (χ1) is 11.3. The van der Waals surface area contributed by atoms with Crippen molar-refractivity contribution in [1.29, 1.82) is 0 Å². The summed E-state index contributed by atoms with van der Waals surface area (Å²) in [7, 11) is -4.47. The third kappa shape index (κ3) is 4.44. The fraction of sp³-hybridized carbons (Fsp3) is 0.231. The second-order valence-electron chi connectivity index (χ2n) is 4.77. The summed E-state index contributed by atoms with van der Waals surface area (Å²) < 4.78 is 103. The Bertz CT molecular complexity index is 838. The monoisotopic (exact) mass is 405 g/mol. The maximum Gasteiger partial charge on any atom is 0.416 e. The number of hydrogen-bond donors (Lipinski definition) is 2. The number of halogens is 6. The van der Waals surface area contributed by atoms with Crippen LogP contribution in [0.25, 0.3) is 0 Å². The minimum atomic E-state index is -5.10. The van der Waals surface area contributed by atoms with E-state index in [2.05, 4.69) is 0 Å². The van der Waals surface area contributed by atoms with Crippen molar-refractivity contribution in [3.8, 4) is 0 Å². The van der Waals surface area contributed by atoms with Crippen molar-refractivity contribution in [2.75, 3.05) is 4.72 Å². The van der Waals surface area contributed by atoms with Gasteiger partial charge in [-0.25, -0.2) is 8.42 Å². The lowest BCUT2D eigenvalue weighted by atomic mass is 10.1. The summed E-state index contributed by atoms with van der Waals surface area (Å²) in [5.74, 6) is 0. The molecule has 0 aliphatic heterocycles. The fourth-order valence-electron chi connectivity index (χ4n) is 1.91. The molecule has 12 heteroatoms. The molecule has 0 aliphatic carbocycles. The Balaban J connectivity index is 2.52. The van der Waals surface area contributed by atoms with E-state index in [0.717, 1.165) is 17.4 Å². The number of nitrogens with one attached hydrogen (secondary N) is 1. The maximum absolute atomic E-state index is 12.8. The van der Waals surface area contributed by atoms with Crippen LogP contribution in [-0.4, -0.2) is 13.5 Å². The lowest BCUT2D eigenvalue weighted by molar-refractivity contribution is -0.143. The topological polar surface area (TPSA) is 66.4 Å². The van der Waals surface area contributed by atoms with Gasteiger partial charge < -0.3 is 5.11 Å². The number of alkyl halides is 6. The van der Waals surface area contributed by atoms with Gasteiger partial charge in [0.25, 0.3) is 10.0 Å². The largest absolute Gasteiger partial charge is 0.416 e. The second-order valence-corrected chi connectivity index (χ2v) is 7.42. The van der Waals surface area contributed by atoms with Crippen LogP contribution < -0.4 is 4.72 Å². The molecule has 138 valence electrons. The van der Waals surface area contributed by atoms with Crippen molar-refractivity contribution in [2.45, 2.75) is 23.9 Å². The molecular formula is C13H9F6NO3S2. The minimum absolute atomic E-state index is 0.00415. The van der Waals surface area contributed by atoms with Gasteiger partial charge in [0.05, 0.1) is 28.3 Å². The highest BCUT2D eigenvalue weighted by molar-refractivity contribution is 7.93. The molecule has 0 bridgehead atoms. The molecule has 0 aliphatic rings. The SMILES string of the molecule is O=S(=O)(Nc1cc(C(F)(F)F)cc(C(F)(F)F)c1)c1ccsc1CO. The molecule has 25 heavy (non-hydrogen) atoms. The predicted octanol–water partition coefficient (Wildman–Crippen LogP) is 4.08. The Labute approximate surface area is 141 Å². The molecule has 2 N–H and O–H groups in total. The standard InChI is InChI=1S/C13H9F6NO3S2/c14-12(15,16)7-3-8(13(17,18)19)5-9(4-7)20-25(22,23)11-1-2-24-10(11)6-21/h1-5,20-21H,6H2. The molecule has 0 spiro atoms. The summed E-state index contributed by atoms with van der Waals surface area (Å²) >= 11 is 0.873. The third-order valence-electron chi connectivity index (χ3n) is 2.98. The molecule has 0 unspecified atom stereocenters. The van der Waals surface area contributed by atoms with Crippen LogP contribution >= 0.6 is 11.3 Å². The molecule has 0 saturated heterocycles. The van der Waals surface area contributed by atoms with E-state index in [1.165, 1.54) is 5.38 Å². The summed E-state index contributed by atoms with van der Waals surface area (Å²) in [5, 5.41) is 10.4. The summed E-state index contributed by atoms with van der Waals surface area (Å²) in [6, 6.07) is 1.49. The number of benzene rings is 1. The molecule has 2 aromatic rings. The van der Waals surface area contributed by atoms with Crippen molar-refractivity contribution < 1.29 is 39.9 Å². The number of anilines is 1. The minimum Gasteiger partial charge on any atom is -0.391 e. The molecular weight excluding hydrogens is 396 g/mol. The van der Waals surface area contributed by atoms with Gasteiger partial charge in [-0.3, -0.25) is 4.72 Å². The summed E-state index contributed by atoms with van der Waals surface area (Å²) in [4.78, 5) is -0.429. The van der Waals surface area contributed by atoms with Gasteiger partial charge in [-0.1, -0.05) is 0 Å².